The van der Waals surface area contributed by atoms with Gasteiger partial charge in [0.25, 0.3) is 0 Å². The maximum Gasteiger partial charge on any atom is 0.239 e. The first-order valence-electron chi connectivity index (χ1n) is 7.56. The van der Waals surface area contributed by atoms with Crippen LogP contribution in [0.5, 0.6) is 0 Å². The van der Waals surface area contributed by atoms with E-state index in [1.54, 1.807) is 0 Å². The lowest BCUT2D eigenvalue weighted by atomic mass is 10.1. The fraction of sp³-hybridized carbons (Fsp3) is 0.562. The number of rotatable bonds is 4. The third-order valence-electron chi connectivity index (χ3n) is 4.28. The van der Waals surface area contributed by atoms with Crippen molar-refractivity contribution in [1.29, 1.82) is 0 Å². The summed E-state index contributed by atoms with van der Waals surface area (Å²) < 4.78 is 0. The smallest absolute Gasteiger partial charge is 0.239 e. The van der Waals surface area contributed by atoms with E-state index in [1.165, 1.54) is 5.56 Å². The SMILES string of the molecule is CC[C@H](N)C(=O)N1CCN(C(C)c2ccc(Cl)cc2)CC1.Cl.Cl. The van der Waals surface area contributed by atoms with Crippen molar-refractivity contribution in [2.75, 3.05) is 26.2 Å². The molecule has 1 aromatic rings. The molecule has 0 aliphatic carbocycles. The number of carbonyl (C=O) groups excluding carboxylic acids is 1. The highest BCUT2D eigenvalue weighted by Gasteiger charge is 2.26. The van der Waals surface area contributed by atoms with Crippen molar-refractivity contribution in [3.8, 4) is 0 Å². The van der Waals surface area contributed by atoms with Crippen molar-refractivity contribution < 1.29 is 4.79 Å². The fourth-order valence-electron chi connectivity index (χ4n) is 2.69. The van der Waals surface area contributed by atoms with Gasteiger partial charge in [0.1, 0.15) is 0 Å². The Morgan fingerprint density at radius 3 is 2.17 bits per heavy atom. The highest BCUT2D eigenvalue weighted by atomic mass is 35.5. The van der Waals surface area contributed by atoms with Crippen LogP contribution >= 0.6 is 36.4 Å². The van der Waals surface area contributed by atoms with Crippen molar-refractivity contribution in [3.63, 3.8) is 0 Å². The third kappa shape index (κ3) is 5.80. The summed E-state index contributed by atoms with van der Waals surface area (Å²) in [7, 11) is 0. The molecule has 0 bridgehead atoms. The van der Waals surface area contributed by atoms with Crippen LogP contribution in [0.1, 0.15) is 31.9 Å². The number of hydrogen-bond acceptors (Lipinski definition) is 3. The lowest BCUT2D eigenvalue weighted by molar-refractivity contribution is -0.134. The number of nitrogens with zero attached hydrogens (tertiary/aromatic N) is 2. The Morgan fingerprint density at radius 2 is 1.70 bits per heavy atom. The number of benzene rings is 1. The Balaban J connectivity index is 0.00000242. The van der Waals surface area contributed by atoms with Gasteiger partial charge in [-0.2, -0.15) is 0 Å². The molecule has 0 radical (unpaired) electrons. The molecule has 1 heterocycles. The molecule has 132 valence electrons. The Kier molecular flexibility index (Phi) is 10.1. The molecule has 1 aliphatic heterocycles. The second-order valence-electron chi connectivity index (χ2n) is 5.60. The van der Waals surface area contributed by atoms with Gasteiger partial charge < -0.3 is 10.6 Å². The summed E-state index contributed by atoms with van der Waals surface area (Å²) in [5, 5.41) is 0.759. The van der Waals surface area contributed by atoms with Gasteiger partial charge in [-0.1, -0.05) is 30.7 Å². The maximum atomic E-state index is 12.1. The highest BCUT2D eigenvalue weighted by molar-refractivity contribution is 6.30. The predicted molar refractivity (Wildman–Crippen MR) is 101 cm³/mol. The monoisotopic (exact) mass is 381 g/mol. The van der Waals surface area contributed by atoms with Crippen LogP contribution in [0.4, 0.5) is 0 Å². The molecule has 7 heteroatoms. The van der Waals surface area contributed by atoms with Crippen LogP contribution in [-0.4, -0.2) is 47.9 Å². The molecule has 0 aromatic heterocycles. The summed E-state index contributed by atoms with van der Waals surface area (Å²) in [4.78, 5) is 16.4. The summed E-state index contributed by atoms with van der Waals surface area (Å²) in [5.41, 5.74) is 7.08. The zero-order valence-electron chi connectivity index (χ0n) is 13.6. The van der Waals surface area contributed by atoms with Gasteiger partial charge in [0.2, 0.25) is 5.91 Å². The van der Waals surface area contributed by atoms with Crippen molar-refractivity contribution >= 4 is 42.3 Å². The fourth-order valence-corrected chi connectivity index (χ4v) is 2.82. The summed E-state index contributed by atoms with van der Waals surface area (Å²) >= 11 is 5.93. The molecule has 2 N–H and O–H groups in total. The second kappa shape index (κ2) is 10.4. The molecule has 1 amide bonds. The molecule has 0 spiro atoms. The van der Waals surface area contributed by atoms with E-state index in [0.29, 0.717) is 12.5 Å². The number of piperazine rings is 1. The normalized spacial score (nSPS) is 17.7. The van der Waals surface area contributed by atoms with Crippen molar-refractivity contribution in [2.24, 2.45) is 5.73 Å². The van der Waals surface area contributed by atoms with Gasteiger partial charge in [0, 0.05) is 37.2 Å². The van der Waals surface area contributed by atoms with E-state index in [4.69, 9.17) is 17.3 Å². The molecule has 1 saturated heterocycles. The van der Waals surface area contributed by atoms with Gasteiger partial charge in [-0.15, -0.1) is 24.8 Å². The van der Waals surface area contributed by atoms with E-state index < -0.39 is 0 Å². The van der Waals surface area contributed by atoms with Crippen LogP contribution in [0, 0.1) is 0 Å². The molecule has 1 aromatic carbocycles. The van der Waals surface area contributed by atoms with Gasteiger partial charge in [0.15, 0.2) is 0 Å². The molecule has 1 unspecified atom stereocenters. The van der Waals surface area contributed by atoms with Gasteiger partial charge >= 0.3 is 0 Å². The minimum absolute atomic E-state index is 0. The average molecular weight is 383 g/mol. The standard InChI is InChI=1S/C16H24ClN3O.2ClH/c1-3-15(18)16(21)20-10-8-19(9-11-20)12(2)13-4-6-14(17)7-5-13;;/h4-7,12,15H,3,8-11,18H2,1-2H3;2*1H/t12?,15-;;/m0../s1. The minimum atomic E-state index is -0.356. The van der Waals surface area contributed by atoms with Crippen LogP contribution in [0.25, 0.3) is 0 Å². The Hall–Kier alpha value is -0.520. The summed E-state index contributed by atoms with van der Waals surface area (Å²) in [6.45, 7) is 7.41. The molecule has 4 nitrogen and oxygen atoms in total. The van der Waals surface area contributed by atoms with E-state index >= 15 is 0 Å². The number of amides is 1. The molecule has 2 atom stereocenters. The Labute approximate surface area is 156 Å². The lowest BCUT2D eigenvalue weighted by Gasteiger charge is -2.39. The molecule has 23 heavy (non-hydrogen) atoms. The van der Waals surface area contributed by atoms with E-state index in [-0.39, 0.29) is 36.8 Å². The van der Waals surface area contributed by atoms with Gasteiger partial charge in [-0.25, -0.2) is 0 Å². The lowest BCUT2D eigenvalue weighted by Crippen LogP contribution is -2.53. The van der Waals surface area contributed by atoms with Crippen molar-refractivity contribution in [3.05, 3.63) is 34.9 Å². The first-order chi connectivity index (χ1) is 10.0. The first kappa shape index (κ1) is 22.5. The topological polar surface area (TPSA) is 49.6 Å². The van der Waals surface area contributed by atoms with Crippen LogP contribution < -0.4 is 5.73 Å². The van der Waals surface area contributed by atoms with Gasteiger partial charge in [0.05, 0.1) is 6.04 Å². The number of hydrogen-bond donors (Lipinski definition) is 1. The van der Waals surface area contributed by atoms with E-state index in [0.717, 1.165) is 31.2 Å². The maximum absolute atomic E-state index is 12.1. The second-order valence-corrected chi connectivity index (χ2v) is 6.04. The van der Waals surface area contributed by atoms with Crippen LogP contribution in [-0.2, 0) is 4.79 Å². The molecule has 2 rings (SSSR count). The van der Waals surface area contributed by atoms with E-state index in [1.807, 2.05) is 24.0 Å². The van der Waals surface area contributed by atoms with Crippen molar-refractivity contribution in [2.45, 2.75) is 32.4 Å². The summed E-state index contributed by atoms with van der Waals surface area (Å²) in [6, 6.07) is 7.96. The molecule has 1 aliphatic rings. The largest absolute Gasteiger partial charge is 0.339 e. The van der Waals surface area contributed by atoms with Gasteiger partial charge in [-0.05, 0) is 31.0 Å². The van der Waals surface area contributed by atoms with Gasteiger partial charge in [-0.3, -0.25) is 9.69 Å². The molecular formula is C16H26Cl3N3O. The Morgan fingerprint density at radius 1 is 1.17 bits per heavy atom. The molecular weight excluding hydrogens is 357 g/mol. The van der Waals surface area contributed by atoms with Crippen LogP contribution in [0.15, 0.2) is 24.3 Å². The van der Waals surface area contributed by atoms with Crippen LogP contribution in [0.2, 0.25) is 5.02 Å². The van der Waals surface area contributed by atoms with Crippen LogP contribution in [0.3, 0.4) is 0 Å². The average Bonchev–Trinajstić information content (AvgIpc) is 2.53. The first-order valence-corrected chi connectivity index (χ1v) is 7.94. The quantitative estimate of drug-likeness (QED) is 0.870. The minimum Gasteiger partial charge on any atom is -0.339 e. The zero-order chi connectivity index (χ0) is 15.4. The predicted octanol–water partition coefficient (Wildman–Crippen LogP) is 3.13. The third-order valence-corrected chi connectivity index (χ3v) is 4.54. The number of halogens is 3. The summed E-state index contributed by atoms with van der Waals surface area (Å²) in [6.07, 6.45) is 0.695. The molecule has 1 fully saturated rings. The molecule has 0 saturated carbocycles. The van der Waals surface area contributed by atoms with E-state index in [9.17, 15) is 4.79 Å². The Bertz CT molecular complexity index is 476. The summed E-state index contributed by atoms with van der Waals surface area (Å²) in [5.74, 6) is 0.0799. The zero-order valence-corrected chi connectivity index (χ0v) is 16.0. The van der Waals surface area contributed by atoms with E-state index in [2.05, 4.69) is 24.0 Å². The number of carbonyl (C=O) groups is 1. The van der Waals surface area contributed by atoms with Crippen molar-refractivity contribution in [1.82, 2.24) is 9.80 Å². The highest BCUT2D eigenvalue weighted by Crippen LogP contribution is 2.23. The number of nitrogens with two attached hydrogens (primary N) is 1.